The van der Waals surface area contributed by atoms with Gasteiger partial charge in [0, 0.05) is 18.7 Å². The Balaban J connectivity index is 2.31. The first-order chi connectivity index (χ1) is 8.11. The van der Waals surface area contributed by atoms with Crippen molar-refractivity contribution in [1.29, 1.82) is 0 Å². The number of aliphatic hydroxyl groups is 1. The number of anilines is 1. The van der Waals surface area contributed by atoms with E-state index in [1.54, 1.807) is 0 Å². The van der Waals surface area contributed by atoms with Gasteiger partial charge in [0.25, 0.3) is 0 Å². The molecule has 0 aliphatic rings. The van der Waals surface area contributed by atoms with E-state index in [9.17, 15) is 9.90 Å². The van der Waals surface area contributed by atoms with Gasteiger partial charge in [-0.2, -0.15) is 0 Å². The van der Waals surface area contributed by atoms with Crippen LogP contribution in [-0.2, 0) is 11.2 Å². The number of benzene rings is 1. The first kappa shape index (κ1) is 13.5. The SMILES string of the molecule is CCc1ccc(NCC(O)CCC(=O)O)cc1. The smallest absolute Gasteiger partial charge is 0.303 e. The topological polar surface area (TPSA) is 69.6 Å². The van der Waals surface area contributed by atoms with Crippen molar-refractivity contribution >= 4 is 11.7 Å². The number of carboxylic acids is 1. The zero-order valence-corrected chi connectivity index (χ0v) is 10.0. The zero-order chi connectivity index (χ0) is 12.7. The van der Waals surface area contributed by atoms with Gasteiger partial charge in [-0.05, 0) is 30.5 Å². The highest BCUT2D eigenvalue weighted by atomic mass is 16.4. The molecule has 0 heterocycles. The van der Waals surface area contributed by atoms with Crippen LogP contribution in [0.25, 0.3) is 0 Å². The predicted molar refractivity (Wildman–Crippen MR) is 67.2 cm³/mol. The zero-order valence-electron chi connectivity index (χ0n) is 10.0. The van der Waals surface area contributed by atoms with E-state index in [2.05, 4.69) is 12.2 Å². The summed E-state index contributed by atoms with van der Waals surface area (Å²) in [6.07, 6.45) is 0.645. The Bertz CT molecular complexity index is 348. The monoisotopic (exact) mass is 237 g/mol. The second kappa shape index (κ2) is 6.91. The van der Waals surface area contributed by atoms with Crippen LogP contribution in [0.1, 0.15) is 25.3 Å². The number of hydrogen-bond acceptors (Lipinski definition) is 3. The molecule has 1 aromatic rings. The summed E-state index contributed by atoms with van der Waals surface area (Å²) in [4.78, 5) is 10.3. The number of aliphatic carboxylic acids is 1. The molecule has 0 aromatic heterocycles. The number of rotatable bonds is 7. The summed E-state index contributed by atoms with van der Waals surface area (Å²) in [6.45, 7) is 2.47. The Hall–Kier alpha value is -1.55. The summed E-state index contributed by atoms with van der Waals surface area (Å²) in [5, 5.41) is 21.1. The van der Waals surface area contributed by atoms with E-state index in [-0.39, 0.29) is 12.8 Å². The van der Waals surface area contributed by atoms with Crippen LogP contribution in [-0.4, -0.2) is 28.8 Å². The highest BCUT2D eigenvalue weighted by Crippen LogP contribution is 2.10. The van der Waals surface area contributed by atoms with E-state index in [1.165, 1.54) is 5.56 Å². The molecule has 0 bridgehead atoms. The molecular formula is C13H19NO3. The predicted octanol–water partition coefficient (Wildman–Crippen LogP) is 1.89. The van der Waals surface area contributed by atoms with Crippen molar-refractivity contribution in [2.75, 3.05) is 11.9 Å². The van der Waals surface area contributed by atoms with Crippen LogP contribution in [0.5, 0.6) is 0 Å². The van der Waals surface area contributed by atoms with E-state index in [0.717, 1.165) is 12.1 Å². The van der Waals surface area contributed by atoms with Gasteiger partial charge in [0.2, 0.25) is 0 Å². The van der Waals surface area contributed by atoms with Crippen molar-refractivity contribution in [2.45, 2.75) is 32.3 Å². The minimum atomic E-state index is -0.878. The van der Waals surface area contributed by atoms with E-state index >= 15 is 0 Å². The Morgan fingerprint density at radius 3 is 2.53 bits per heavy atom. The molecule has 4 heteroatoms. The van der Waals surface area contributed by atoms with Gasteiger partial charge in [0.15, 0.2) is 0 Å². The standard InChI is InChI=1S/C13H19NO3/c1-2-10-3-5-11(6-4-10)14-9-12(15)7-8-13(16)17/h3-6,12,14-15H,2,7-9H2,1H3,(H,16,17). The number of aryl methyl sites for hydroxylation is 1. The van der Waals surface area contributed by atoms with Gasteiger partial charge in [0.05, 0.1) is 6.10 Å². The third-order valence-electron chi connectivity index (χ3n) is 2.60. The molecular weight excluding hydrogens is 218 g/mol. The van der Waals surface area contributed by atoms with Gasteiger partial charge in [-0.25, -0.2) is 0 Å². The van der Waals surface area contributed by atoms with Gasteiger partial charge in [-0.1, -0.05) is 19.1 Å². The van der Waals surface area contributed by atoms with E-state index < -0.39 is 12.1 Å². The lowest BCUT2D eigenvalue weighted by molar-refractivity contribution is -0.137. The fourth-order valence-corrected chi connectivity index (χ4v) is 1.49. The molecule has 1 atom stereocenters. The summed E-state index contributed by atoms with van der Waals surface area (Å²) in [5.41, 5.74) is 2.21. The van der Waals surface area contributed by atoms with E-state index in [4.69, 9.17) is 5.11 Å². The normalized spacial score (nSPS) is 12.1. The third kappa shape index (κ3) is 5.36. The number of aliphatic hydroxyl groups excluding tert-OH is 1. The van der Waals surface area contributed by atoms with Crippen LogP contribution in [0.4, 0.5) is 5.69 Å². The molecule has 0 radical (unpaired) electrons. The third-order valence-corrected chi connectivity index (χ3v) is 2.60. The molecule has 0 saturated heterocycles. The van der Waals surface area contributed by atoms with Crippen molar-refractivity contribution in [2.24, 2.45) is 0 Å². The van der Waals surface area contributed by atoms with Crippen molar-refractivity contribution < 1.29 is 15.0 Å². The fourth-order valence-electron chi connectivity index (χ4n) is 1.49. The number of hydrogen-bond donors (Lipinski definition) is 3. The molecule has 0 amide bonds. The molecule has 3 N–H and O–H groups in total. The lowest BCUT2D eigenvalue weighted by Crippen LogP contribution is -2.20. The molecule has 94 valence electrons. The highest BCUT2D eigenvalue weighted by Gasteiger charge is 2.06. The average Bonchev–Trinajstić information content (AvgIpc) is 2.34. The van der Waals surface area contributed by atoms with Crippen molar-refractivity contribution in [3.63, 3.8) is 0 Å². The maximum absolute atomic E-state index is 10.3. The van der Waals surface area contributed by atoms with Crippen LogP contribution < -0.4 is 5.32 Å². The molecule has 1 rings (SSSR count). The van der Waals surface area contributed by atoms with E-state index in [0.29, 0.717) is 6.54 Å². The maximum atomic E-state index is 10.3. The molecule has 0 saturated carbocycles. The largest absolute Gasteiger partial charge is 0.481 e. The quantitative estimate of drug-likeness (QED) is 0.677. The maximum Gasteiger partial charge on any atom is 0.303 e. The molecule has 0 spiro atoms. The molecule has 1 unspecified atom stereocenters. The van der Waals surface area contributed by atoms with Gasteiger partial charge < -0.3 is 15.5 Å². The minimum absolute atomic E-state index is 0.00236. The molecule has 1 aromatic carbocycles. The summed E-state index contributed by atoms with van der Waals surface area (Å²) >= 11 is 0. The van der Waals surface area contributed by atoms with Crippen LogP contribution >= 0.6 is 0 Å². The molecule has 17 heavy (non-hydrogen) atoms. The number of nitrogens with one attached hydrogen (secondary N) is 1. The Kier molecular flexibility index (Phi) is 5.49. The Morgan fingerprint density at radius 2 is 2.00 bits per heavy atom. The van der Waals surface area contributed by atoms with Crippen LogP contribution in [0.2, 0.25) is 0 Å². The average molecular weight is 237 g/mol. The van der Waals surface area contributed by atoms with Gasteiger partial charge in [-0.3, -0.25) is 4.79 Å². The lowest BCUT2D eigenvalue weighted by atomic mass is 10.1. The first-order valence-corrected chi connectivity index (χ1v) is 5.84. The van der Waals surface area contributed by atoms with Crippen LogP contribution in [0.3, 0.4) is 0 Å². The summed E-state index contributed by atoms with van der Waals surface area (Å²) < 4.78 is 0. The molecule has 4 nitrogen and oxygen atoms in total. The van der Waals surface area contributed by atoms with Crippen LogP contribution in [0.15, 0.2) is 24.3 Å². The second-order valence-electron chi connectivity index (χ2n) is 4.02. The number of carbonyl (C=O) groups is 1. The number of carboxylic acid groups (broad SMARTS) is 1. The minimum Gasteiger partial charge on any atom is -0.481 e. The fraction of sp³-hybridized carbons (Fsp3) is 0.462. The first-order valence-electron chi connectivity index (χ1n) is 5.84. The summed E-state index contributed by atoms with van der Waals surface area (Å²) in [7, 11) is 0. The van der Waals surface area contributed by atoms with Crippen molar-refractivity contribution in [3.05, 3.63) is 29.8 Å². The van der Waals surface area contributed by atoms with Crippen LogP contribution in [0, 0.1) is 0 Å². The van der Waals surface area contributed by atoms with Gasteiger partial charge in [0.1, 0.15) is 0 Å². The Labute approximate surface area is 101 Å². The van der Waals surface area contributed by atoms with E-state index in [1.807, 2.05) is 24.3 Å². The molecule has 0 fully saturated rings. The van der Waals surface area contributed by atoms with Gasteiger partial charge >= 0.3 is 5.97 Å². The highest BCUT2D eigenvalue weighted by molar-refractivity contribution is 5.66. The summed E-state index contributed by atoms with van der Waals surface area (Å²) in [5.74, 6) is -0.878. The van der Waals surface area contributed by atoms with Crippen molar-refractivity contribution in [1.82, 2.24) is 0 Å². The van der Waals surface area contributed by atoms with Gasteiger partial charge in [-0.15, -0.1) is 0 Å². The molecule has 0 aliphatic heterocycles. The second-order valence-corrected chi connectivity index (χ2v) is 4.02. The Morgan fingerprint density at radius 1 is 1.35 bits per heavy atom. The lowest BCUT2D eigenvalue weighted by Gasteiger charge is -2.12. The molecule has 0 aliphatic carbocycles. The summed E-state index contributed by atoms with van der Waals surface area (Å²) in [6, 6.07) is 7.99. The van der Waals surface area contributed by atoms with Crippen molar-refractivity contribution in [3.8, 4) is 0 Å².